The molecule has 1 unspecified atom stereocenters. The molecule has 0 radical (unpaired) electrons. The van der Waals surface area contributed by atoms with Crippen molar-refractivity contribution >= 4 is 27.2 Å². The van der Waals surface area contributed by atoms with E-state index < -0.39 is 9.84 Å². The van der Waals surface area contributed by atoms with Gasteiger partial charge in [0.2, 0.25) is 0 Å². The van der Waals surface area contributed by atoms with Crippen LogP contribution in [-0.2, 0) is 9.84 Å². The van der Waals surface area contributed by atoms with Crippen LogP contribution in [0.1, 0.15) is 26.7 Å². The van der Waals surface area contributed by atoms with Crippen LogP contribution in [0.3, 0.4) is 0 Å². The highest BCUT2D eigenvalue weighted by Gasteiger charge is 2.10. The van der Waals surface area contributed by atoms with E-state index in [4.69, 9.17) is 12.2 Å². The third-order valence-electron chi connectivity index (χ3n) is 1.75. The van der Waals surface area contributed by atoms with Crippen LogP contribution in [0.5, 0.6) is 0 Å². The first kappa shape index (κ1) is 14.6. The smallest absolute Gasteiger partial charge is 0.166 e. The molecule has 0 fully saturated rings. The quantitative estimate of drug-likeness (QED) is 0.538. The van der Waals surface area contributed by atoms with Crippen LogP contribution in [0.25, 0.3) is 0 Å². The van der Waals surface area contributed by atoms with Crippen molar-refractivity contribution in [2.45, 2.75) is 32.7 Å². The molecule has 90 valence electrons. The van der Waals surface area contributed by atoms with E-state index in [2.05, 4.69) is 17.6 Å². The summed E-state index contributed by atoms with van der Waals surface area (Å²) in [6, 6.07) is -0.151. The van der Waals surface area contributed by atoms with Gasteiger partial charge in [0.15, 0.2) is 5.11 Å². The monoisotopic (exact) mass is 252 g/mol. The fraction of sp³-hybridized carbons (Fsp3) is 0.889. The fourth-order valence-electron chi connectivity index (χ4n) is 1.15. The second kappa shape index (κ2) is 7.00. The van der Waals surface area contributed by atoms with Crippen molar-refractivity contribution in [1.29, 1.82) is 0 Å². The Balaban J connectivity index is 3.77. The molecule has 0 amide bonds. The number of hydrogen-bond acceptors (Lipinski definition) is 3. The fourth-order valence-corrected chi connectivity index (χ4v) is 2.44. The van der Waals surface area contributed by atoms with Crippen molar-refractivity contribution in [1.82, 2.24) is 10.6 Å². The van der Waals surface area contributed by atoms with E-state index >= 15 is 0 Å². The highest BCUT2D eigenvalue weighted by molar-refractivity contribution is 7.90. The number of sulfone groups is 1. The second-order valence-corrected chi connectivity index (χ2v) is 6.34. The minimum absolute atomic E-state index is 0.0998. The van der Waals surface area contributed by atoms with Gasteiger partial charge in [-0.05, 0) is 25.6 Å². The van der Waals surface area contributed by atoms with Crippen LogP contribution in [0.2, 0.25) is 0 Å². The molecule has 6 heteroatoms. The Bertz CT molecular complexity index is 288. The number of thiocarbonyl (C=S) groups is 1. The Kier molecular flexibility index (Phi) is 6.84. The molecule has 0 saturated heterocycles. The Morgan fingerprint density at radius 1 is 1.47 bits per heavy atom. The molecule has 0 aromatic carbocycles. The Morgan fingerprint density at radius 2 is 2.07 bits per heavy atom. The average Bonchev–Trinajstić information content (AvgIpc) is 2.00. The molecule has 0 aliphatic heterocycles. The first-order chi connectivity index (χ1) is 6.85. The minimum atomic E-state index is -2.94. The van der Waals surface area contributed by atoms with Gasteiger partial charge in [0.1, 0.15) is 9.84 Å². The lowest BCUT2D eigenvalue weighted by Gasteiger charge is -2.15. The van der Waals surface area contributed by atoms with Gasteiger partial charge in [-0.15, -0.1) is 0 Å². The van der Waals surface area contributed by atoms with Crippen molar-refractivity contribution in [3.63, 3.8) is 0 Å². The predicted molar refractivity (Wildman–Crippen MR) is 67.8 cm³/mol. The molecule has 0 aromatic rings. The van der Waals surface area contributed by atoms with Crippen LogP contribution < -0.4 is 10.6 Å². The van der Waals surface area contributed by atoms with E-state index in [0.29, 0.717) is 5.11 Å². The lowest BCUT2D eigenvalue weighted by molar-refractivity contribution is 0.590. The molecule has 0 aliphatic carbocycles. The summed E-state index contributed by atoms with van der Waals surface area (Å²) in [5.74, 6) is 0.0998. The summed E-state index contributed by atoms with van der Waals surface area (Å²) < 4.78 is 22.0. The molecule has 15 heavy (non-hydrogen) atoms. The lowest BCUT2D eigenvalue weighted by Crippen LogP contribution is -2.43. The van der Waals surface area contributed by atoms with E-state index in [1.165, 1.54) is 6.26 Å². The molecular formula is C9H20N2O2S2. The largest absolute Gasteiger partial charge is 0.363 e. The first-order valence-electron chi connectivity index (χ1n) is 5.07. The lowest BCUT2D eigenvalue weighted by atomic mass is 10.3. The third-order valence-corrected chi connectivity index (χ3v) is 3.11. The Labute approximate surface area is 97.7 Å². The summed E-state index contributed by atoms with van der Waals surface area (Å²) in [5.41, 5.74) is 0. The van der Waals surface area contributed by atoms with E-state index in [-0.39, 0.29) is 11.8 Å². The van der Waals surface area contributed by atoms with Gasteiger partial charge in [-0.1, -0.05) is 13.3 Å². The zero-order valence-corrected chi connectivity index (χ0v) is 11.2. The average molecular weight is 252 g/mol. The van der Waals surface area contributed by atoms with Gasteiger partial charge in [-0.3, -0.25) is 0 Å². The summed E-state index contributed by atoms with van der Waals surface area (Å²) in [4.78, 5) is 0. The molecule has 0 spiro atoms. The molecule has 0 saturated carbocycles. The topological polar surface area (TPSA) is 58.2 Å². The van der Waals surface area contributed by atoms with Crippen LogP contribution in [-0.4, -0.2) is 38.1 Å². The van der Waals surface area contributed by atoms with Crippen LogP contribution in [0.15, 0.2) is 0 Å². The van der Waals surface area contributed by atoms with Crippen molar-refractivity contribution in [3.05, 3.63) is 0 Å². The van der Waals surface area contributed by atoms with Gasteiger partial charge in [0.25, 0.3) is 0 Å². The molecule has 2 N–H and O–H groups in total. The SMILES string of the molecule is CCCCNC(=S)NC(C)CS(C)(=O)=O. The van der Waals surface area contributed by atoms with Crippen molar-refractivity contribution in [3.8, 4) is 0 Å². The molecule has 1 atom stereocenters. The summed E-state index contributed by atoms with van der Waals surface area (Å²) in [5, 5.41) is 6.49. The number of hydrogen-bond donors (Lipinski definition) is 2. The van der Waals surface area contributed by atoms with Gasteiger partial charge in [0.05, 0.1) is 5.75 Å². The van der Waals surface area contributed by atoms with Crippen LogP contribution in [0, 0.1) is 0 Å². The summed E-state index contributed by atoms with van der Waals surface area (Å²) >= 11 is 5.02. The van der Waals surface area contributed by atoms with E-state index in [1.807, 2.05) is 0 Å². The van der Waals surface area contributed by atoms with Crippen LogP contribution >= 0.6 is 12.2 Å². The number of rotatable bonds is 6. The summed E-state index contributed by atoms with van der Waals surface area (Å²) in [6.07, 6.45) is 3.38. The minimum Gasteiger partial charge on any atom is -0.363 e. The van der Waals surface area contributed by atoms with Gasteiger partial charge < -0.3 is 10.6 Å². The van der Waals surface area contributed by atoms with Crippen molar-refractivity contribution in [2.24, 2.45) is 0 Å². The molecule has 4 nitrogen and oxygen atoms in total. The first-order valence-corrected chi connectivity index (χ1v) is 7.54. The van der Waals surface area contributed by atoms with Gasteiger partial charge in [0, 0.05) is 18.8 Å². The molecule has 0 heterocycles. The summed E-state index contributed by atoms with van der Waals surface area (Å²) in [7, 11) is -2.94. The van der Waals surface area contributed by atoms with Gasteiger partial charge in [-0.2, -0.15) is 0 Å². The van der Waals surface area contributed by atoms with Gasteiger partial charge >= 0.3 is 0 Å². The zero-order chi connectivity index (χ0) is 11.9. The Morgan fingerprint density at radius 3 is 2.53 bits per heavy atom. The van der Waals surface area contributed by atoms with E-state index in [9.17, 15) is 8.42 Å². The second-order valence-electron chi connectivity index (χ2n) is 3.75. The van der Waals surface area contributed by atoms with E-state index in [0.717, 1.165) is 19.4 Å². The van der Waals surface area contributed by atoms with Crippen molar-refractivity contribution in [2.75, 3.05) is 18.6 Å². The summed E-state index contributed by atoms with van der Waals surface area (Å²) in [6.45, 7) is 4.73. The normalized spacial score (nSPS) is 13.3. The maximum atomic E-state index is 11.0. The molecule has 0 rings (SSSR count). The molecule has 0 aromatic heterocycles. The van der Waals surface area contributed by atoms with Crippen LogP contribution in [0.4, 0.5) is 0 Å². The highest BCUT2D eigenvalue weighted by atomic mass is 32.2. The van der Waals surface area contributed by atoms with Gasteiger partial charge in [-0.25, -0.2) is 8.42 Å². The number of unbranched alkanes of at least 4 members (excludes halogenated alkanes) is 1. The zero-order valence-electron chi connectivity index (χ0n) is 9.54. The number of nitrogens with one attached hydrogen (secondary N) is 2. The molecular weight excluding hydrogens is 232 g/mol. The van der Waals surface area contributed by atoms with E-state index in [1.54, 1.807) is 6.92 Å². The predicted octanol–water partition coefficient (Wildman–Crippen LogP) is 0.684. The molecule has 0 bridgehead atoms. The Hall–Kier alpha value is -0.360. The highest BCUT2D eigenvalue weighted by Crippen LogP contribution is 1.90. The maximum absolute atomic E-state index is 11.0. The maximum Gasteiger partial charge on any atom is 0.166 e. The third kappa shape index (κ3) is 9.93. The molecule has 0 aliphatic rings. The standard InChI is InChI=1S/C9H20N2O2S2/c1-4-5-6-10-9(14)11-8(2)7-15(3,12)13/h8H,4-7H2,1-3H3,(H2,10,11,14). The van der Waals surface area contributed by atoms with Crippen molar-refractivity contribution < 1.29 is 8.42 Å².